The van der Waals surface area contributed by atoms with Crippen molar-refractivity contribution in [1.29, 1.82) is 0 Å². The molecular weight excluding hydrogens is 373 g/mol. The van der Waals surface area contributed by atoms with Gasteiger partial charge in [-0.15, -0.1) is 24.0 Å². The van der Waals surface area contributed by atoms with Crippen LogP contribution in [0, 0.1) is 0 Å². The number of benzene rings is 1. The lowest BCUT2D eigenvalue weighted by atomic mass is 10.2. The molecule has 0 amide bonds. The van der Waals surface area contributed by atoms with Crippen molar-refractivity contribution in [3.8, 4) is 0 Å². The first-order valence-electron chi connectivity index (χ1n) is 6.04. The second-order valence-corrected chi connectivity index (χ2v) is 4.77. The molecule has 0 aliphatic carbocycles. The van der Waals surface area contributed by atoms with E-state index in [4.69, 9.17) is 4.74 Å². The highest BCUT2D eigenvalue weighted by Gasteiger charge is 2.14. The van der Waals surface area contributed by atoms with Crippen LogP contribution in [-0.2, 0) is 4.74 Å². The van der Waals surface area contributed by atoms with Gasteiger partial charge in [-0.25, -0.2) is 0 Å². The average molecular weight is 393 g/mol. The smallest absolute Gasteiger partial charge is 0.160 e. The highest BCUT2D eigenvalue weighted by atomic mass is 127. The zero-order valence-electron chi connectivity index (χ0n) is 11.3. The fraction of sp³-hybridized carbons (Fsp3) is 0.462. The molecule has 1 aliphatic heterocycles. The predicted octanol–water partition coefficient (Wildman–Crippen LogP) is 2.90. The molecule has 4 nitrogen and oxygen atoms in total. The number of rotatable bonds is 2. The molecule has 1 aromatic rings. The number of amidine groups is 1. The zero-order chi connectivity index (χ0) is 12.8. The van der Waals surface area contributed by atoms with E-state index in [2.05, 4.69) is 33.4 Å². The van der Waals surface area contributed by atoms with Crippen LogP contribution in [0.3, 0.4) is 0 Å². The van der Waals surface area contributed by atoms with Crippen LogP contribution in [0.1, 0.15) is 0 Å². The molecule has 0 unspecified atom stereocenters. The van der Waals surface area contributed by atoms with Gasteiger partial charge in [-0.1, -0.05) is 23.9 Å². The maximum absolute atomic E-state index is 5.39. The van der Waals surface area contributed by atoms with E-state index in [1.807, 2.05) is 12.3 Å². The fourth-order valence-corrected chi connectivity index (χ4v) is 2.37. The monoisotopic (exact) mass is 393 g/mol. The van der Waals surface area contributed by atoms with E-state index in [0.29, 0.717) is 0 Å². The molecular formula is C13H20IN3OS. The number of para-hydroxylation sites is 2. The van der Waals surface area contributed by atoms with Gasteiger partial charge >= 0.3 is 0 Å². The van der Waals surface area contributed by atoms with Crippen molar-refractivity contribution in [2.45, 2.75) is 0 Å². The number of ether oxygens (including phenoxy) is 1. The van der Waals surface area contributed by atoms with E-state index in [1.54, 1.807) is 18.8 Å². The van der Waals surface area contributed by atoms with Gasteiger partial charge in [0.05, 0.1) is 24.6 Å². The summed E-state index contributed by atoms with van der Waals surface area (Å²) in [6, 6.07) is 8.34. The van der Waals surface area contributed by atoms with Gasteiger partial charge < -0.3 is 15.0 Å². The Labute approximate surface area is 136 Å². The van der Waals surface area contributed by atoms with Gasteiger partial charge in [-0.05, 0) is 18.4 Å². The minimum Gasteiger partial charge on any atom is -0.378 e. The second-order valence-electron chi connectivity index (χ2n) is 3.97. The van der Waals surface area contributed by atoms with Crippen LogP contribution in [0.2, 0.25) is 0 Å². The van der Waals surface area contributed by atoms with Gasteiger partial charge in [-0.2, -0.15) is 0 Å². The summed E-state index contributed by atoms with van der Waals surface area (Å²) in [4.78, 5) is 6.56. The number of nitrogens with one attached hydrogen (secondary N) is 1. The number of morpholine rings is 1. The molecule has 1 N–H and O–H groups in total. The molecule has 0 saturated carbocycles. The second kappa shape index (κ2) is 8.65. The lowest BCUT2D eigenvalue weighted by molar-refractivity contribution is 0.123. The molecule has 0 spiro atoms. The first-order valence-corrected chi connectivity index (χ1v) is 7.27. The summed E-state index contributed by atoms with van der Waals surface area (Å²) in [7, 11) is 1.80. The first kappa shape index (κ1) is 16.6. The quantitative estimate of drug-likeness (QED) is 0.476. The summed E-state index contributed by atoms with van der Waals surface area (Å²) in [6.45, 7) is 3.48. The van der Waals surface area contributed by atoms with Crippen LogP contribution in [0.5, 0.6) is 0 Å². The van der Waals surface area contributed by atoms with Crippen molar-refractivity contribution >= 4 is 52.3 Å². The maximum atomic E-state index is 5.39. The summed E-state index contributed by atoms with van der Waals surface area (Å²) in [6.07, 6.45) is 2.02. The van der Waals surface area contributed by atoms with Crippen LogP contribution in [0.4, 0.5) is 11.4 Å². The molecule has 106 valence electrons. The Bertz CT molecular complexity index is 422. The molecule has 1 fully saturated rings. The van der Waals surface area contributed by atoms with E-state index < -0.39 is 0 Å². The SMILES string of the molecule is CN=C(Nc1ccccc1N1CCOCC1)SC.I. The average Bonchev–Trinajstić information content (AvgIpc) is 2.46. The van der Waals surface area contributed by atoms with E-state index in [-0.39, 0.29) is 24.0 Å². The normalized spacial score (nSPS) is 15.9. The Morgan fingerprint density at radius 3 is 2.63 bits per heavy atom. The van der Waals surface area contributed by atoms with Crippen molar-refractivity contribution in [1.82, 2.24) is 0 Å². The van der Waals surface area contributed by atoms with Crippen LogP contribution in [-0.4, -0.2) is 44.8 Å². The number of nitrogens with zero attached hydrogens (tertiary/aromatic N) is 2. The highest BCUT2D eigenvalue weighted by Crippen LogP contribution is 2.27. The molecule has 0 aromatic heterocycles. The van der Waals surface area contributed by atoms with Gasteiger partial charge in [0.2, 0.25) is 0 Å². The predicted molar refractivity (Wildman–Crippen MR) is 95.4 cm³/mol. The molecule has 1 heterocycles. The number of thioether (sulfide) groups is 1. The van der Waals surface area contributed by atoms with Crippen molar-refractivity contribution < 1.29 is 4.74 Å². The number of hydrogen-bond donors (Lipinski definition) is 1. The van der Waals surface area contributed by atoms with E-state index in [9.17, 15) is 0 Å². The third-order valence-electron chi connectivity index (χ3n) is 2.89. The summed E-state index contributed by atoms with van der Waals surface area (Å²) >= 11 is 1.62. The van der Waals surface area contributed by atoms with Crippen LogP contribution < -0.4 is 10.2 Å². The molecule has 1 aromatic carbocycles. The van der Waals surface area contributed by atoms with E-state index >= 15 is 0 Å². The molecule has 1 saturated heterocycles. The number of aliphatic imine (C=N–C) groups is 1. The minimum atomic E-state index is 0. The Morgan fingerprint density at radius 2 is 2.00 bits per heavy atom. The Morgan fingerprint density at radius 1 is 1.32 bits per heavy atom. The maximum Gasteiger partial charge on any atom is 0.160 e. The Balaban J connectivity index is 0.00000180. The van der Waals surface area contributed by atoms with Crippen LogP contribution in [0.25, 0.3) is 0 Å². The minimum absolute atomic E-state index is 0. The van der Waals surface area contributed by atoms with E-state index in [0.717, 1.165) is 37.2 Å². The first-order chi connectivity index (χ1) is 8.85. The summed E-state index contributed by atoms with van der Waals surface area (Å²) in [5, 5.41) is 4.30. The lowest BCUT2D eigenvalue weighted by Gasteiger charge is -2.30. The lowest BCUT2D eigenvalue weighted by Crippen LogP contribution is -2.36. The van der Waals surface area contributed by atoms with Gasteiger partial charge in [0.25, 0.3) is 0 Å². The summed E-state index contributed by atoms with van der Waals surface area (Å²) in [5.41, 5.74) is 2.32. The van der Waals surface area contributed by atoms with Crippen molar-refractivity contribution in [2.24, 2.45) is 4.99 Å². The topological polar surface area (TPSA) is 36.9 Å². The number of halogens is 1. The van der Waals surface area contributed by atoms with E-state index in [1.165, 1.54) is 5.69 Å². The van der Waals surface area contributed by atoms with Gasteiger partial charge in [0.15, 0.2) is 5.17 Å². The molecule has 0 bridgehead atoms. The highest BCUT2D eigenvalue weighted by molar-refractivity contribution is 14.0. The zero-order valence-corrected chi connectivity index (χ0v) is 14.4. The summed E-state index contributed by atoms with van der Waals surface area (Å²) < 4.78 is 5.39. The molecule has 19 heavy (non-hydrogen) atoms. The summed E-state index contributed by atoms with van der Waals surface area (Å²) in [5.74, 6) is 0. The fourth-order valence-electron chi connectivity index (χ4n) is 1.97. The van der Waals surface area contributed by atoms with Crippen molar-refractivity contribution in [3.63, 3.8) is 0 Å². The molecule has 2 rings (SSSR count). The van der Waals surface area contributed by atoms with Gasteiger partial charge in [0.1, 0.15) is 0 Å². The van der Waals surface area contributed by atoms with Crippen LogP contribution in [0.15, 0.2) is 29.3 Å². The molecule has 0 atom stereocenters. The third kappa shape index (κ3) is 4.54. The van der Waals surface area contributed by atoms with Gasteiger partial charge in [-0.3, -0.25) is 4.99 Å². The number of hydrogen-bond acceptors (Lipinski definition) is 4. The molecule has 6 heteroatoms. The molecule has 1 aliphatic rings. The van der Waals surface area contributed by atoms with Gasteiger partial charge in [0, 0.05) is 20.1 Å². The standard InChI is InChI=1S/C13H19N3OS.HI/c1-14-13(18-2)15-11-5-3-4-6-12(11)16-7-9-17-10-8-16;/h3-6H,7-10H2,1-2H3,(H,14,15);1H. The number of anilines is 2. The Kier molecular flexibility index (Phi) is 7.55. The Hall–Kier alpha value is -0.470. The van der Waals surface area contributed by atoms with Crippen LogP contribution >= 0.6 is 35.7 Å². The van der Waals surface area contributed by atoms with Crippen molar-refractivity contribution in [3.05, 3.63) is 24.3 Å². The third-order valence-corrected chi connectivity index (χ3v) is 3.57. The van der Waals surface area contributed by atoms with Crippen molar-refractivity contribution in [2.75, 3.05) is 49.8 Å². The molecule has 0 radical (unpaired) electrons. The largest absolute Gasteiger partial charge is 0.378 e.